The number of benzene rings is 2. The molecule has 0 bridgehead atoms. The first-order valence-electron chi connectivity index (χ1n) is 10.6. The van der Waals surface area contributed by atoms with Crippen LogP contribution in [0.15, 0.2) is 67.3 Å². The molecule has 0 unspecified atom stereocenters. The van der Waals surface area contributed by atoms with Crippen LogP contribution in [-0.4, -0.2) is 41.8 Å². The molecule has 0 heterocycles. The van der Waals surface area contributed by atoms with Crippen molar-refractivity contribution in [3.8, 4) is 0 Å². The SMILES string of the molecule is C=CCc1ccc(C[C@@H](C(=O)OC)N(C(=O)OCc2ccccc2)C(=O)OC(C)(C)C)cc1. The number of carbonyl (C=O) groups excluding carboxylic acids is 3. The Hall–Kier alpha value is -3.61. The van der Waals surface area contributed by atoms with Gasteiger partial charge in [-0.3, -0.25) is 0 Å². The van der Waals surface area contributed by atoms with E-state index >= 15 is 0 Å². The first-order chi connectivity index (χ1) is 15.6. The van der Waals surface area contributed by atoms with Crippen molar-refractivity contribution in [3.05, 3.63) is 83.9 Å². The number of nitrogens with zero attached hydrogens (tertiary/aromatic N) is 1. The number of ether oxygens (including phenoxy) is 3. The van der Waals surface area contributed by atoms with Gasteiger partial charge < -0.3 is 14.2 Å². The van der Waals surface area contributed by atoms with Crippen molar-refractivity contribution >= 4 is 18.2 Å². The maximum absolute atomic E-state index is 13.0. The number of allylic oxidation sites excluding steroid dienone is 1. The van der Waals surface area contributed by atoms with Gasteiger partial charge in [0.05, 0.1) is 7.11 Å². The lowest BCUT2D eigenvalue weighted by Crippen LogP contribution is -2.52. The number of methoxy groups -OCH3 is 1. The van der Waals surface area contributed by atoms with Gasteiger partial charge in [-0.25, -0.2) is 14.4 Å². The Labute approximate surface area is 194 Å². The average molecular weight is 454 g/mol. The highest BCUT2D eigenvalue weighted by Crippen LogP contribution is 2.19. The van der Waals surface area contributed by atoms with E-state index < -0.39 is 29.8 Å². The minimum absolute atomic E-state index is 0.0424. The van der Waals surface area contributed by atoms with Gasteiger partial charge in [-0.2, -0.15) is 4.90 Å². The Morgan fingerprint density at radius 1 is 0.939 bits per heavy atom. The number of rotatable bonds is 8. The smallest absolute Gasteiger partial charge is 0.420 e. The van der Waals surface area contributed by atoms with Crippen LogP contribution in [0.4, 0.5) is 9.59 Å². The standard InChI is InChI=1S/C26H31NO6/c1-6-10-19-13-15-20(16-14-19)17-22(23(28)31-5)27(25(30)33-26(2,3)4)24(29)32-18-21-11-8-7-9-12-21/h6-9,11-16,22H,1,10,17-18H2,2-5H3/t22-/m0/s1. The van der Waals surface area contributed by atoms with Crippen LogP contribution in [0.25, 0.3) is 0 Å². The molecule has 2 rings (SSSR count). The predicted octanol–water partition coefficient (Wildman–Crippen LogP) is 5.07. The first-order valence-corrected chi connectivity index (χ1v) is 10.6. The van der Waals surface area contributed by atoms with Crippen molar-refractivity contribution in [1.29, 1.82) is 0 Å². The molecule has 2 amide bonds. The molecule has 0 saturated heterocycles. The van der Waals surface area contributed by atoms with Crippen molar-refractivity contribution in [3.63, 3.8) is 0 Å². The van der Waals surface area contributed by atoms with Gasteiger partial charge in [0.1, 0.15) is 18.2 Å². The van der Waals surface area contributed by atoms with Gasteiger partial charge >= 0.3 is 18.2 Å². The van der Waals surface area contributed by atoms with Crippen molar-refractivity contribution < 1.29 is 28.6 Å². The first kappa shape index (κ1) is 25.6. The number of hydrogen-bond acceptors (Lipinski definition) is 6. The van der Waals surface area contributed by atoms with Crippen LogP contribution >= 0.6 is 0 Å². The molecule has 0 aromatic heterocycles. The molecule has 7 nitrogen and oxygen atoms in total. The minimum atomic E-state index is -1.27. The summed E-state index contributed by atoms with van der Waals surface area (Å²) in [7, 11) is 1.20. The topological polar surface area (TPSA) is 82.1 Å². The van der Waals surface area contributed by atoms with Crippen molar-refractivity contribution in [2.45, 2.75) is 51.9 Å². The molecule has 0 fully saturated rings. The molecule has 0 spiro atoms. The Morgan fingerprint density at radius 2 is 1.55 bits per heavy atom. The molecule has 0 N–H and O–H groups in total. The second-order valence-electron chi connectivity index (χ2n) is 8.44. The summed E-state index contributed by atoms with van der Waals surface area (Å²) in [5.74, 6) is -0.757. The van der Waals surface area contributed by atoms with Gasteiger partial charge in [0.15, 0.2) is 0 Å². The van der Waals surface area contributed by atoms with E-state index in [-0.39, 0.29) is 13.0 Å². The molecule has 0 aliphatic rings. The lowest BCUT2D eigenvalue weighted by molar-refractivity contribution is -0.146. The van der Waals surface area contributed by atoms with Gasteiger partial charge in [-0.1, -0.05) is 60.7 Å². The molecule has 2 aromatic rings. The fraction of sp³-hybridized carbons (Fsp3) is 0.346. The monoisotopic (exact) mass is 453 g/mol. The third-order valence-electron chi connectivity index (χ3n) is 4.61. The minimum Gasteiger partial charge on any atom is -0.467 e. The molecule has 176 valence electrons. The van der Waals surface area contributed by atoms with E-state index in [1.54, 1.807) is 39.0 Å². The van der Waals surface area contributed by atoms with Gasteiger partial charge in [0.2, 0.25) is 0 Å². The third kappa shape index (κ3) is 8.11. The molecule has 0 aliphatic carbocycles. The largest absolute Gasteiger partial charge is 0.467 e. The maximum Gasteiger partial charge on any atom is 0.420 e. The van der Waals surface area contributed by atoms with Crippen molar-refractivity contribution in [2.75, 3.05) is 7.11 Å². The summed E-state index contributed by atoms with van der Waals surface area (Å²) in [5, 5.41) is 0. The van der Waals surface area contributed by atoms with E-state index in [1.807, 2.05) is 42.5 Å². The molecule has 7 heteroatoms. The van der Waals surface area contributed by atoms with Crippen molar-refractivity contribution in [1.82, 2.24) is 4.90 Å². The summed E-state index contributed by atoms with van der Waals surface area (Å²) in [6.07, 6.45) is 0.558. The summed E-state index contributed by atoms with van der Waals surface area (Å²) in [6, 6.07) is 15.2. The molecule has 0 aliphatic heterocycles. The van der Waals surface area contributed by atoms with Crippen LogP contribution in [0.1, 0.15) is 37.5 Å². The Kier molecular flexibility index (Phi) is 9.21. The van der Waals surface area contributed by atoms with Gasteiger partial charge in [0.25, 0.3) is 0 Å². The molecule has 1 atom stereocenters. The molecular formula is C26H31NO6. The number of carbonyl (C=O) groups is 3. The number of hydrogen-bond donors (Lipinski definition) is 0. The fourth-order valence-corrected chi connectivity index (χ4v) is 3.05. The summed E-state index contributed by atoms with van der Waals surface area (Å²) < 4.78 is 15.7. The van der Waals surface area contributed by atoms with E-state index in [0.717, 1.165) is 16.7 Å². The van der Waals surface area contributed by atoms with E-state index in [2.05, 4.69) is 6.58 Å². The van der Waals surface area contributed by atoms with E-state index in [9.17, 15) is 14.4 Å². The van der Waals surface area contributed by atoms with E-state index in [1.165, 1.54) is 7.11 Å². The molecule has 0 radical (unpaired) electrons. The third-order valence-corrected chi connectivity index (χ3v) is 4.61. The van der Waals surface area contributed by atoms with Gasteiger partial charge in [0, 0.05) is 6.42 Å². The van der Waals surface area contributed by atoms with E-state index in [0.29, 0.717) is 11.3 Å². The highest BCUT2D eigenvalue weighted by atomic mass is 16.6. The highest BCUT2D eigenvalue weighted by molar-refractivity contribution is 5.94. The second kappa shape index (κ2) is 11.9. The summed E-state index contributed by atoms with van der Waals surface area (Å²) in [4.78, 5) is 39.4. The summed E-state index contributed by atoms with van der Waals surface area (Å²) in [6.45, 7) is 8.67. The Bertz CT molecular complexity index is 947. The molecular weight excluding hydrogens is 422 g/mol. The zero-order chi connectivity index (χ0) is 24.4. The summed E-state index contributed by atoms with van der Waals surface area (Å²) in [5.41, 5.74) is 1.64. The van der Waals surface area contributed by atoms with Crippen LogP contribution < -0.4 is 0 Å². The predicted molar refractivity (Wildman–Crippen MR) is 125 cm³/mol. The van der Waals surface area contributed by atoms with Crippen LogP contribution in [0, 0.1) is 0 Å². The van der Waals surface area contributed by atoms with Gasteiger partial charge in [-0.15, -0.1) is 6.58 Å². The number of amides is 2. The normalized spacial score (nSPS) is 11.8. The van der Waals surface area contributed by atoms with Gasteiger partial charge in [-0.05, 0) is 43.9 Å². The molecule has 33 heavy (non-hydrogen) atoms. The quantitative estimate of drug-likeness (QED) is 0.315. The zero-order valence-electron chi connectivity index (χ0n) is 19.6. The lowest BCUT2D eigenvalue weighted by atomic mass is 10.0. The van der Waals surface area contributed by atoms with Crippen LogP contribution in [-0.2, 0) is 38.5 Å². The van der Waals surface area contributed by atoms with Crippen LogP contribution in [0.3, 0.4) is 0 Å². The zero-order valence-corrected chi connectivity index (χ0v) is 19.6. The van der Waals surface area contributed by atoms with Crippen molar-refractivity contribution in [2.24, 2.45) is 0 Å². The van der Waals surface area contributed by atoms with E-state index in [4.69, 9.17) is 14.2 Å². The Morgan fingerprint density at radius 3 is 2.09 bits per heavy atom. The maximum atomic E-state index is 13.0. The fourth-order valence-electron chi connectivity index (χ4n) is 3.05. The van der Waals surface area contributed by atoms with Crippen LogP contribution in [0.2, 0.25) is 0 Å². The lowest BCUT2D eigenvalue weighted by Gasteiger charge is -2.30. The molecule has 0 saturated carbocycles. The second-order valence-corrected chi connectivity index (χ2v) is 8.44. The highest BCUT2D eigenvalue weighted by Gasteiger charge is 2.39. The van der Waals surface area contributed by atoms with Crippen LogP contribution in [0.5, 0.6) is 0 Å². The summed E-state index contributed by atoms with van der Waals surface area (Å²) >= 11 is 0. The molecule has 2 aromatic carbocycles. The number of esters is 1. The Balaban J connectivity index is 2.32. The average Bonchev–Trinajstić information content (AvgIpc) is 2.77. The number of imide groups is 1.